The molecule has 0 saturated heterocycles. The molecule has 0 aliphatic carbocycles. The minimum absolute atomic E-state index is 0.0855. The Bertz CT molecular complexity index is 737. The van der Waals surface area contributed by atoms with Crippen LogP contribution in [-0.2, 0) is 4.79 Å². The van der Waals surface area contributed by atoms with Crippen LogP contribution in [0.4, 0.5) is 5.69 Å². The largest absolute Gasteiger partial charge is 0.497 e. The number of rotatable bonds is 6. The first kappa shape index (κ1) is 17.7. The molecule has 0 spiro atoms. The molecular formula is C17H18ClN3O3. The molecule has 24 heavy (non-hydrogen) atoms. The molecule has 1 heterocycles. The van der Waals surface area contributed by atoms with Crippen LogP contribution in [0.15, 0.2) is 42.6 Å². The molecule has 2 aromatic rings. The number of anilines is 1. The third kappa shape index (κ3) is 4.45. The van der Waals surface area contributed by atoms with Crippen LogP contribution >= 0.6 is 11.6 Å². The van der Waals surface area contributed by atoms with Crippen molar-refractivity contribution in [3.63, 3.8) is 0 Å². The van der Waals surface area contributed by atoms with Crippen LogP contribution < -0.4 is 10.1 Å². The molecule has 0 saturated carbocycles. The fourth-order valence-corrected chi connectivity index (χ4v) is 2.32. The van der Waals surface area contributed by atoms with Gasteiger partial charge in [-0.1, -0.05) is 17.7 Å². The summed E-state index contributed by atoms with van der Waals surface area (Å²) in [6, 6.07) is 10.2. The number of halogens is 1. The highest BCUT2D eigenvalue weighted by molar-refractivity contribution is 6.32. The van der Waals surface area contributed by atoms with Crippen molar-refractivity contribution in [1.82, 2.24) is 9.88 Å². The van der Waals surface area contributed by atoms with Crippen LogP contribution in [0, 0.1) is 0 Å². The third-order valence-corrected chi connectivity index (χ3v) is 3.65. The number of hydrogen-bond donors (Lipinski definition) is 1. The number of carbonyl (C=O) groups is 2. The number of pyridine rings is 1. The van der Waals surface area contributed by atoms with Crippen LogP contribution in [0.2, 0.25) is 5.15 Å². The maximum atomic E-state index is 12.5. The molecule has 0 unspecified atom stereocenters. The van der Waals surface area contributed by atoms with Crippen LogP contribution in [0.1, 0.15) is 17.3 Å². The predicted octanol–water partition coefficient (Wildman–Crippen LogP) is 2.84. The molecule has 2 rings (SSSR count). The quantitative estimate of drug-likeness (QED) is 0.816. The highest BCUT2D eigenvalue weighted by Crippen LogP contribution is 2.17. The van der Waals surface area contributed by atoms with E-state index in [1.165, 1.54) is 11.1 Å². The lowest BCUT2D eigenvalue weighted by molar-refractivity contribution is -0.116. The average Bonchev–Trinajstić information content (AvgIpc) is 2.59. The Morgan fingerprint density at radius 2 is 2.08 bits per heavy atom. The topological polar surface area (TPSA) is 71.5 Å². The van der Waals surface area contributed by atoms with E-state index in [1.807, 2.05) is 0 Å². The summed E-state index contributed by atoms with van der Waals surface area (Å²) in [5.41, 5.74) is 0.873. The Balaban J connectivity index is 2.05. The number of likely N-dealkylation sites (N-methyl/N-ethyl adjacent to an activating group) is 1. The zero-order valence-electron chi connectivity index (χ0n) is 13.5. The monoisotopic (exact) mass is 347 g/mol. The van der Waals surface area contributed by atoms with Gasteiger partial charge in [0.1, 0.15) is 17.4 Å². The van der Waals surface area contributed by atoms with Crippen LogP contribution in [0.5, 0.6) is 5.75 Å². The normalized spacial score (nSPS) is 10.1. The second-order valence-electron chi connectivity index (χ2n) is 4.94. The van der Waals surface area contributed by atoms with Crippen LogP contribution in [0.3, 0.4) is 0 Å². The van der Waals surface area contributed by atoms with Gasteiger partial charge in [0.2, 0.25) is 5.91 Å². The van der Waals surface area contributed by atoms with E-state index in [-0.39, 0.29) is 29.1 Å². The van der Waals surface area contributed by atoms with Crippen molar-refractivity contribution < 1.29 is 14.3 Å². The number of ether oxygens (including phenoxy) is 1. The van der Waals surface area contributed by atoms with Crippen molar-refractivity contribution in [2.45, 2.75) is 6.92 Å². The van der Waals surface area contributed by atoms with Crippen molar-refractivity contribution in [2.24, 2.45) is 0 Å². The van der Waals surface area contributed by atoms with Gasteiger partial charge in [0.15, 0.2) is 0 Å². The minimum atomic E-state index is -0.337. The molecule has 7 heteroatoms. The molecular weight excluding hydrogens is 330 g/mol. The maximum absolute atomic E-state index is 12.5. The molecule has 2 amide bonds. The molecule has 0 atom stereocenters. The first-order valence-electron chi connectivity index (χ1n) is 7.38. The van der Waals surface area contributed by atoms with Gasteiger partial charge in [-0.2, -0.15) is 0 Å². The van der Waals surface area contributed by atoms with Crippen molar-refractivity contribution in [3.05, 3.63) is 53.3 Å². The third-order valence-electron chi connectivity index (χ3n) is 3.35. The molecule has 0 aliphatic heterocycles. The van der Waals surface area contributed by atoms with E-state index in [9.17, 15) is 9.59 Å². The number of methoxy groups -OCH3 is 1. The van der Waals surface area contributed by atoms with Gasteiger partial charge in [0, 0.05) is 24.5 Å². The smallest absolute Gasteiger partial charge is 0.257 e. The molecule has 1 aromatic heterocycles. The van der Waals surface area contributed by atoms with Gasteiger partial charge in [-0.05, 0) is 31.2 Å². The lowest BCUT2D eigenvalue weighted by atomic mass is 10.2. The number of amides is 2. The summed E-state index contributed by atoms with van der Waals surface area (Å²) in [6.45, 7) is 2.08. The molecule has 126 valence electrons. The maximum Gasteiger partial charge on any atom is 0.257 e. The molecule has 0 radical (unpaired) electrons. The van der Waals surface area contributed by atoms with Crippen molar-refractivity contribution in [2.75, 3.05) is 25.5 Å². The van der Waals surface area contributed by atoms with Gasteiger partial charge in [-0.3, -0.25) is 9.59 Å². The highest BCUT2D eigenvalue weighted by Gasteiger charge is 2.20. The van der Waals surface area contributed by atoms with Gasteiger partial charge in [0.05, 0.1) is 12.7 Å². The second-order valence-corrected chi connectivity index (χ2v) is 5.30. The number of carbonyl (C=O) groups excluding carboxylic acids is 2. The zero-order valence-corrected chi connectivity index (χ0v) is 14.2. The zero-order chi connectivity index (χ0) is 17.5. The lowest BCUT2D eigenvalue weighted by Gasteiger charge is -2.20. The first-order valence-corrected chi connectivity index (χ1v) is 7.76. The predicted molar refractivity (Wildman–Crippen MR) is 92.4 cm³/mol. The fourth-order valence-electron chi connectivity index (χ4n) is 2.12. The molecule has 0 aliphatic rings. The van der Waals surface area contributed by atoms with E-state index >= 15 is 0 Å². The highest BCUT2D eigenvalue weighted by atomic mass is 35.5. The second kappa shape index (κ2) is 8.31. The number of aromatic nitrogens is 1. The number of hydrogen-bond acceptors (Lipinski definition) is 4. The molecule has 0 fully saturated rings. The summed E-state index contributed by atoms with van der Waals surface area (Å²) < 4.78 is 5.11. The van der Waals surface area contributed by atoms with E-state index in [0.717, 1.165) is 0 Å². The summed E-state index contributed by atoms with van der Waals surface area (Å²) in [4.78, 5) is 30.0. The van der Waals surface area contributed by atoms with Crippen molar-refractivity contribution in [1.29, 1.82) is 0 Å². The summed E-state index contributed by atoms with van der Waals surface area (Å²) >= 11 is 5.95. The summed E-state index contributed by atoms with van der Waals surface area (Å²) in [7, 11) is 1.55. The van der Waals surface area contributed by atoms with Crippen molar-refractivity contribution >= 4 is 29.1 Å². The van der Waals surface area contributed by atoms with Gasteiger partial charge in [-0.15, -0.1) is 0 Å². The molecule has 6 nitrogen and oxygen atoms in total. The Morgan fingerprint density at radius 3 is 2.75 bits per heavy atom. The Kier molecular flexibility index (Phi) is 6.14. The van der Waals surface area contributed by atoms with E-state index < -0.39 is 0 Å². The fraction of sp³-hybridized carbons (Fsp3) is 0.235. The number of benzene rings is 1. The molecule has 1 N–H and O–H groups in total. The first-order chi connectivity index (χ1) is 11.5. The van der Waals surface area contributed by atoms with Crippen molar-refractivity contribution in [3.8, 4) is 5.75 Å². The Morgan fingerprint density at radius 1 is 1.29 bits per heavy atom. The van der Waals surface area contributed by atoms with E-state index in [0.29, 0.717) is 18.0 Å². The van der Waals surface area contributed by atoms with E-state index in [1.54, 1.807) is 50.4 Å². The SMILES string of the molecule is CCN(CC(=O)Nc1cccc(OC)c1)C(=O)c1cccnc1Cl. The standard InChI is InChI=1S/C17H18ClN3O3/c1-3-21(17(23)14-8-5-9-19-16(14)18)11-15(22)20-12-6-4-7-13(10-12)24-2/h4-10H,3,11H2,1-2H3,(H,20,22). The minimum Gasteiger partial charge on any atom is -0.497 e. The Hall–Kier alpha value is -2.60. The number of nitrogens with one attached hydrogen (secondary N) is 1. The van der Waals surface area contributed by atoms with Gasteiger partial charge >= 0.3 is 0 Å². The lowest BCUT2D eigenvalue weighted by Crippen LogP contribution is -2.38. The molecule has 1 aromatic carbocycles. The molecule has 0 bridgehead atoms. The van der Waals surface area contributed by atoms with E-state index in [4.69, 9.17) is 16.3 Å². The number of nitrogens with zero attached hydrogens (tertiary/aromatic N) is 2. The van der Waals surface area contributed by atoms with Gasteiger partial charge in [0.25, 0.3) is 5.91 Å². The van der Waals surface area contributed by atoms with Gasteiger partial charge < -0.3 is 15.0 Å². The van der Waals surface area contributed by atoms with Crippen LogP contribution in [0.25, 0.3) is 0 Å². The van der Waals surface area contributed by atoms with Gasteiger partial charge in [-0.25, -0.2) is 4.98 Å². The van der Waals surface area contributed by atoms with Crippen LogP contribution in [-0.4, -0.2) is 41.9 Å². The average molecular weight is 348 g/mol. The summed E-state index contributed by atoms with van der Waals surface area (Å²) in [6.07, 6.45) is 1.50. The summed E-state index contributed by atoms with van der Waals surface area (Å²) in [5, 5.41) is 2.86. The Labute approximate surface area is 145 Å². The summed E-state index contributed by atoms with van der Waals surface area (Å²) in [5.74, 6) is -0.00627. The van der Waals surface area contributed by atoms with E-state index in [2.05, 4.69) is 10.3 Å².